The Morgan fingerprint density at radius 1 is 1.27 bits per heavy atom. The van der Waals surface area contributed by atoms with Gasteiger partial charge in [-0.1, -0.05) is 18.2 Å². The van der Waals surface area contributed by atoms with E-state index in [4.69, 9.17) is 0 Å². The summed E-state index contributed by atoms with van der Waals surface area (Å²) in [5, 5.41) is 26.3. The predicted octanol–water partition coefficient (Wildman–Crippen LogP) is 1.96. The predicted molar refractivity (Wildman–Crippen MR) is 92.3 cm³/mol. The van der Waals surface area contributed by atoms with Gasteiger partial charge in [-0.15, -0.1) is 5.10 Å². The third-order valence-corrected chi connectivity index (χ3v) is 3.77. The highest BCUT2D eigenvalue weighted by atomic mass is 19.1. The first-order chi connectivity index (χ1) is 12.5. The van der Waals surface area contributed by atoms with Gasteiger partial charge in [0.15, 0.2) is 0 Å². The van der Waals surface area contributed by atoms with Crippen molar-refractivity contribution in [1.29, 1.82) is 0 Å². The maximum atomic E-state index is 12.9. The Morgan fingerprint density at radius 3 is 2.73 bits per heavy atom. The minimum Gasteiger partial charge on any atom is -0.387 e. The summed E-state index contributed by atoms with van der Waals surface area (Å²) in [6, 6.07) is 10.3. The molecule has 3 aromatic rings. The first-order valence-corrected chi connectivity index (χ1v) is 7.85. The van der Waals surface area contributed by atoms with E-state index in [-0.39, 0.29) is 12.4 Å². The molecule has 8 nitrogen and oxygen atoms in total. The maximum absolute atomic E-state index is 12.9. The van der Waals surface area contributed by atoms with Gasteiger partial charge in [0, 0.05) is 12.2 Å². The molecule has 0 radical (unpaired) electrons. The van der Waals surface area contributed by atoms with Crippen molar-refractivity contribution < 1.29 is 14.3 Å². The minimum absolute atomic E-state index is 0.0107. The van der Waals surface area contributed by atoms with Crippen molar-refractivity contribution in [3.05, 3.63) is 65.7 Å². The lowest BCUT2D eigenvalue weighted by molar-refractivity contribution is 0.175. The molecule has 0 fully saturated rings. The van der Waals surface area contributed by atoms with E-state index in [1.807, 2.05) is 13.0 Å². The number of carbonyl (C=O) groups excluding carboxylic acids is 1. The van der Waals surface area contributed by atoms with Gasteiger partial charge in [-0.2, -0.15) is 0 Å². The number of aliphatic hydroxyl groups is 1. The number of aromatic nitrogens is 4. The van der Waals surface area contributed by atoms with Crippen LogP contribution in [0.1, 0.15) is 17.2 Å². The van der Waals surface area contributed by atoms with Gasteiger partial charge in [-0.3, -0.25) is 0 Å². The van der Waals surface area contributed by atoms with Gasteiger partial charge in [-0.05, 0) is 52.7 Å². The topological polar surface area (TPSA) is 105 Å². The van der Waals surface area contributed by atoms with Crippen molar-refractivity contribution in [2.45, 2.75) is 13.0 Å². The highest BCUT2D eigenvalue weighted by Crippen LogP contribution is 2.18. The van der Waals surface area contributed by atoms with Crippen molar-refractivity contribution in [3.8, 4) is 5.69 Å². The van der Waals surface area contributed by atoms with Crippen LogP contribution in [0.2, 0.25) is 0 Å². The Morgan fingerprint density at radius 2 is 2.04 bits per heavy atom. The molecule has 2 aromatic carbocycles. The molecule has 1 heterocycles. The largest absolute Gasteiger partial charge is 0.387 e. The van der Waals surface area contributed by atoms with E-state index in [1.54, 1.807) is 12.1 Å². The van der Waals surface area contributed by atoms with Crippen LogP contribution in [0.3, 0.4) is 0 Å². The summed E-state index contributed by atoms with van der Waals surface area (Å²) in [5.41, 5.74) is 2.74. The Balaban J connectivity index is 1.60. The molecule has 9 heteroatoms. The number of benzene rings is 2. The summed E-state index contributed by atoms with van der Waals surface area (Å²) < 4.78 is 14.4. The highest BCUT2D eigenvalue weighted by molar-refractivity contribution is 5.89. The summed E-state index contributed by atoms with van der Waals surface area (Å²) in [7, 11) is 0. The second kappa shape index (κ2) is 7.70. The highest BCUT2D eigenvalue weighted by Gasteiger charge is 2.11. The average Bonchev–Trinajstić information content (AvgIpc) is 3.16. The van der Waals surface area contributed by atoms with Crippen molar-refractivity contribution in [2.75, 3.05) is 11.9 Å². The second-order valence-corrected chi connectivity index (χ2v) is 5.66. The smallest absolute Gasteiger partial charge is 0.319 e. The average molecular weight is 356 g/mol. The van der Waals surface area contributed by atoms with Crippen molar-refractivity contribution in [1.82, 2.24) is 25.5 Å². The Hall–Kier alpha value is -3.33. The first kappa shape index (κ1) is 17.5. The number of rotatable bonds is 5. The number of aliphatic hydroxyl groups excluding tert-OH is 1. The molecule has 134 valence electrons. The number of amides is 2. The Bertz CT molecular complexity index is 883. The third kappa shape index (κ3) is 4.19. The number of anilines is 1. The van der Waals surface area contributed by atoms with Gasteiger partial charge >= 0.3 is 6.03 Å². The molecular formula is C17H17FN6O2. The van der Waals surface area contributed by atoms with Crippen LogP contribution in [0.5, 0.6) is 0 Å². The van der Waals surface area contributed by atoms with Gasteiger partial charge < -0.3 is 15.7 Å². The molecule has 0 aliphatic heterocycles. The van der Waals surface area contributed by atoms with Crippen molar-refractivity contribution in [2.24, 2.45) is 0 Å². The molecule has 0 aliphatic carbocycles. The second-order valence-electron chi connectivity index (χ2n) is 5.66. The quantitative estimate of drug-likeness (QED) is 0.648. The lowest BCUT2D eigenvalue weighted by atomic mass is 10.1. The van der Waals surface area contributed by atoms with E-state index < -0.39 is 12.1 Å². The molecule has 1 aromatic heterocycles. The van der Waals surface area contributed by atoms with Crippen LogP contribution in [0, 0.1) is 12.7 Å². The number of halogens is 1. The fraction of sp³-hybridized carbons (Fsp3) is 0.176. The molecule has 0 spiro atoms. The summed E-state index contributed by atoms with van der Waals surface area (Å²) in [5.74, 6) is -0.385. The molecule has 3 N–H and O–H groups in total. The number of aryl methyl sites for hydroxylation is 1. The first-order valence-electron chi connectivity index (χ1n) is 7.85. The van der Waals surface area contributed by atoms with Crippen LogP contribution in [-0.4, -0.2) is 37.9 Å². The summed E-state index contributed by atoms with van der Waals surface area (Å²) in [6.07, 6.45) is 0.529. The molecule has 2 amide bonds. The van der Waals surface area contributed by atoms with Gasteiger partial charge in [0.05, 0.1) is 11.8 Å². The van der Waals surface area contributed by atoms with Crippen LogP contribution >= 0.6 is 0 Å². The van der Waals surface area contributed by atoms with Gasteiger partial charge in [-0.25, -0.2) is 13.9 Å². The Labute approximate surface area is 148 Å². The van der Waals surface area contributed by atoms with E-state index in [0.29, 0.717) is 11.3 Å². The van der Waals surface area contributed by atoms with Crippen LogP contribution in [0.4, 0.5) is 14.9 Å². The molecule has 1 unspecified atom stereocenters. The van der Waals surface area contributed by atoms with Gasteiger partial charge in [0.2, 0.25) is 0 Å². The third-order valence-electron chi connectivity index (χ3n) is 3.77. The van der Waals surface area contributed by atoms with Crippen molar-refractivity contribution in [3.63, 3.8) is 0 Å². The number of tetrazole rings is 1. The van der Waals surface area contributed by atoms with Crippen molar-refractivity contribution >= 4 is 11.7 Å². The zero-order valence-electron chi connectivity index (χ0n) is 13.9. The van der Waals surface area contributed by atoms with E-state index in [1.165, 1.54) is 35.3 Å². The standard InChI is InChI=1S/C17H17FN6O2/c1-11-2-7-14(8-15(11)24-10-20-22-23-24)21-17(26)19-9-16(25)12-3-5-13(18)6-4-12/h2-8,10,16,25H,9H2,1H3,(H2,19,21,26). The summed E-state index contributed by atoms with van der Waals surface area (Å²) >= 11 is 0. The molecule has 0 bridgehead atoms. The zero-order valence-corrected chi connectivity index (χ0v) is 13.9. The normalized spacial score (nSPS) is 11.8. The van der Waals surface area contributed by atoms with Gasteiger partial charge in [0.1, 0.15) is 12.1 Å². The van der Waals surface area contributed by atoms with E-state index in [9.17, 15) is 14.3 Å². The molecule has 3 rings (SSSR count). The SMILES string of the molecule is Cc1ccc(NC(=O)NCC(O)c2ccc(F)cc2)cc1-n1cnnn1. The minimum atomic E-state index is -0.934. The molecule has 1 atom stereocenters. The van der Waals surface area contributed by atoms with Crippen LogP contribution in [0.15, 0.2) is 48.8 Å². The Kier molecular flexibility index (Phi) is 5.18. The lowest BCUT2D eigenvalue weighted by Gasteiger charge is -2.14. The molecule has 0 saturated heterocycles. The molecule has 26 heavy (non-hydrogen) atoms. The molecular weight excluding hydrogens is 339 g/mol. The zero-order chi connectivity index (χ0) is 18.5. The number of carbonyl (C=O) groups is 1. The fourth-order valence-corrected chi connectivity index (χ4v) is 2.37. The van der Waals surface area contributed by atoms with E-state index in [0.717, 1.165) is 11.3 Å². The van der Waals surface area contributed by atoms with Gasteiger partial charge in [0.25, 0.3) is 0 Å². The van der Waals surface area contributed by atoms with Crippen LogP contribution in [0.25, 0.3) is 5.69 Å². The number of hydrogen-bond acceptors (Lipinski definition) is 5. The fourth-order valence-electron chi connectivity index (χ4n) is 2.37. The summed E-state index contributed by atoms with van der Waals surface area (Å²) in [6.45, 7) is 1.89. The lowest BCUT2D eigenvalue weighted by Crippen LogP contribution is -2.32. The molecule has 0 aliphatic rings. The number of nitrogens with zero attached hydrogens (tertiary/aromatic N) is 4. The van der Waals surface area contributed by atoms with E-state index >= 15 is 0 Å². The van der Waals surface area contributed by atoms with Crippen LogP contribution in [-0.2, 0) is 0 Å². The maximum Gasteiger partial charge on any atom is 0.319 e. The van der Waals surface area contributed by atoms with E-state index in [2.05, 4.69) is 26.2 Å². The monoisotopic (exact) mass is 356 g/mol. The number of urea groups is 1. The van der Waals surface area contributed by atoms with Crippen LogP contribution < -0.4 is 10.6 Å². The molecule has 0 saturated carbocycles. The number of hydrogen-bond donors (Lipinski definition) is 3. The number of nitrogens with one attached hydrogen (secondary N) is 2. The summed E-state index contributed by atoms with van der Waals surface area (Å²) in [4.78, 5) is 12.0.